The second-order valence-corrected chi connectivity index (χ2v) is 5.79. The van der Waals surface area contributed by atoms with Gasteiger partial charge in [-0.05, 0) is 43.2 Å². The fourth-order valence-corrected chi connectivity index (χ4v) is 2.37. The van der Waals surface area contributed by atoms with Gasteiger partial charge in [0, 0.05) is 19.1 Å². The molecule has 24 heavy (non-hydrogen) atoms. The summed E-state index contributed by atoms with van der Waals surface area (Å²) in [7, 11) is 0. The molecule has 1 aromatic heterocycles. The topological polar surface area (TPSA) is 52.0 Å². The molecule has 0 aliphatic heterocycles. The Morgan fingerprint density at radius 2 is 1.79 bits per heavy atom. The first kappa shape index (κ1) is 16.2. The summed E-state index contributed by atoms with van der Waals surface area (Å²) in [4.78, 5) is 3.95. The molecule has 5 heteroatoms. The van der Waals surface area contributed by atoms with Crippen LogP contribution in [0.3, 0.4) is 0 Å². The Kier molecular flexibility index (Phi) is 5.58. The van der Waals surface area contributed by atoms with E-state index in [-0.39, 0.29) is 0 Å². The SMILES string of the molecule is C[C@H](CCn1cncn1)NCc1ccc(Oc2ccccc2)cc1. The fourth-order valence-electron chi connectivity index (χ4n) is 2.37. The molecular weight excluding hydrogens is 300 g/mol. The second kappa shape index (κ2) is 8.26. The molecule has 0 unspecified atom stereocenters. The Labute approximate surface area is 142 Å². The Morgan fingerprint density at radius 3 is 2.50 bits per heavy atom. The lowest BCUT2D eigenvalue weighted by molar-refractivity contribution is 0.457. The number of rotatable bonds is 8. The van der Waals surface area contributed by atoms with Gasteiger partial charge < -0.3 is 10.1 Å². The van der Waals surface area contributed by atoms with Crippen LogP contribution in [0.5, 0.6) is 11.5 Å². The van der Waals surface area contributed by atoms with Gasteiger partial charge in [0.25, 0.3) is 0 Å². The zero-order valence-corrected chi connectivity index (χ0v) is 13.8. The standard InChI is InChI=1S/C19H22N4O/c1-16(11-12-23-15-20-14-22-23)21-13-17-7-9-19(10-8-17)24-18-5-3-2-4-6-18/h2-10,14-16,21H,11-13H2,1H3/t16-/m1/s1. The summed E-state index contributed by atoms with van der Waals surface area (Å²) in [6.07, 6.45) is 4.33. The lowest BCUT2D eigenvalue weighted by Gasteiger charge is -2.14. The highest BCUT2D eigenvalue weighted by Crippen LogP contribution is 2.21. The lowest BCUT2D eigenvalue weighted by Crippen LogP contribution is -2.26. The number of ether oxygens (including phenoxy) is 1. The molecule has 1 heterocycles. The molecule has 0 spiro atoms. The monoisotopic (exact) mass is 322 g/mol. The van der Waals surface area contributed by atoms with Gasteiger partial charge in [-0.25, -0.2) is 4.98 Å². The van der Waals surface area contributed by atoms with Crippen molar-refractivity contribution in [2.75, 3.05) is 0 Å². The van der Waals surface area contributed by atoms with Crippen molar-refractivity contribution in [2.45, 2.75) is 32.5 Å². The van der Waals surface area contributed by atoms with Crippen molar-refractivity contribution in [1.29, 1.82) is 0 Å². The summed E-state index contributed by atoms with van der Waals surface area (Å²) in [6.45, 7) is 3.89. The number of benzene rings is 2. The predicted molar refractivity (Wildman–Crippen MR) is 93.9 cm³/mol. The van der Waals surface area contributed by atoms with E-state index in [2.05, 4.69) is 34.5 Å². The largest absolute Gasteiger partial charge is 0.457 e. The molecule has 0 aliphatic rings. The normalized spacial score (nSPS) is 12.0. The van der Waals surface area contributed by atoms with Crippen LogP contribution >= 0.6 is 0 Å². The molecule has 0 aliphatic carbocycles. The summed E-state index contributed by atoms with van der Waals surface area (Å²) in [6, 6.07) is 18.4. The van der Waals surface area contributed by atoms with E-state index in [0.717, 1.165) is 31.0 Å². The highest BCUT2D eigenvalue weighted by Gasteiger charge is 2.03. The third kappa shape index (κ3) is 4.93. The van der Waals surface area contributed by atoms with Crippen molar-refractivity contribution in [3.05, 3.63) is 72.8 Å². The van der Waals surface area contributed by atoms with E-state index in [1.54, 1.807) is 12.7 Å². The smallest absolute Gasteiger partial charge is 0.137 e. The Hall–Kier alpha value is -2.66. The molecule has 0 bridgehead atoms. The average molecular weight is 322 g/mol. The number of aryl methyl sites for hydroxylation is 1. The molecular formula is C19H22N4O. The molecule has 2 aromatic carbocycles. The maximum absolute atomic E-state index is 5.80. The van der Waals surface area contributed by atoms with Gasteiger partial charge in [0.1, 0.15) is 24.2 Å². The number of aromatic nitrogens is 3. The summed E-state index contributed by atoms with van der Waals surface area (Å²) >= 11 is 0. The third-order valence-electron chi connectivity index (χ3n) is 3.81. The fraction of sp³-hybridized carbons (Fsp3) is 0.263. The van der Waals surface area contributed by atoms with E-state index < -0.39 is 0 Å². The number of hydrogen-bond donors (Lipinski definition) is 1. The van der Waals surface area contributed by atoms with Crippen LogP contribution in [0.2, 0.25) is 0 Å². The number of nitrogens with zero attached hydrogens (tertiary/aromatic N) is 3. The summed E-state index contributed by atoms with van der Waals surface area (Å²) in [5.74, 6) is 1.70. The van der Waals surface area contributed by atoms with E-state index in [1.165, 1.54) is 5.56 Å². The molecule has 3 aromatic rings. The van der Waals surface area contributed by atoms with E-state index in [0.29, 0.717) is 6.04 Å². The van der Waals surface area contributed by atoms with Crippen LogP contribution < -0.4 is 10.1 Å². The van der Waals surface area contributed by atoms with Crippen molar-refractivity contribution in [3.63, 3.8) is 0 Å². The lowest BCUT2D eigenvalue weighted by atomic mass is 10.2. The van der Waals surface area contributed by atoms with Crippen LogP contribution in [0, 0.1) is 0 Å². The molecule has 124 valence electrons. The summed E-state index contributed by atoms with van der Waals surface area (Å²) < 4.78 is 7.66. The van der Waals surface area contributed by atoms with Gasteiger partial charge in [0.2, 0.25) is 0 Å². The predicted octanol–water partition coefficient (Wildman–Crippen LogP) is 3.64. The van der Waals surface area contributed by atoms with Gasteiger partial charge in [-0.15, -0.1) is 0 Å². The maximum Gasteiger partial charge on any atom is 0.137 e. The van der Waals surface area contributed by atoms with Gasteiger partial charge in [-0.3, -0.25) is 4.68 Å². The highest BCUT2D eigenvalue weighted by molar-refractivity contribution is 5.32. The van der Waals surface area contributed by atoms with E-state index in [1.807, 2.05) is 47.1 Å². The summed E-state index contributed by atoms with van der Waals surface area (Å²) in [5.41, 5.74) is 1.24. The zero-order chi connectivity index (χ0) is 16.6. The van der Waals surface area contributed by atoms with Gasteiger partial charge >= 0.3 is 0 Å². The van der Waals surface area contributed by atoms with Crippen LogP contribution in [-0.4, -0.2) is 20.8 Å². The minimum absolute atomic E-state index is 0.412. The van der Waals surface area contributed by atoms with Crippen LogP contribution in [0.1, 0.15) is 18.9 Å². The van der Waals surface area contributed by atoms with Gasteiger partial charge in [-0.1, -0.05) is 30.3 Å². The first-order chi connectivity index (χ1) is 11.8. The third-order valence-corrected chi connectivity index (χ3v) is 3.81. The van der Waals surface area contributed by atoms with Gasteiger partial charge in [0.05, 0.1) is 0 Å². The highest BCUT2D eigenvalue weighted by atomic mass is 16.5. The number of nitrogens with one attached hydrogen (secondary N) is 1. The summed E-state index contributed by atoms with van der Waals surface area (Å²) in [5, 5.41) is 7.64. The van der Waals surface area contributed by atoms with E-state index in [4.69, 9.17) is 4.74 Å². The van der Waals surface area contributed by atoms with Crippen molar-refractivity contribution >= 4 is 0 Å². The van der Waals surface area contributed by atoms with Crippen LogP contribution in [-0.2, 0) is 13.1 Å². The quantitative estimate of drug-likeness (QED) is 0.688. The minimum Gasteiger partial charge on any atom is -0.457 e. The second-order valence-electron chi connectivity index (χ2n) is 5.79. The van der Waals surface area contributed by atoms with Gasteiger partial charge in [0.15, 0.2) is 0 Å². The molecule has 5 nitrogen and oxygen atoms in total. The first-order valence-corrected chi connectivity index (χ1v) is 8.17. The van der Waals surface area contributed by atoms with Crippen LogP contribution in [0.4, 0.5) is 0 Å². The number of para-hydroxylation sites is 1. The molecule has 0 saturated heterocycles. The first-order valence-electron chi connectivity index (χ1n) is 8.17. The van der Waals surface area contributed by atoms with Crippen molar-refractivity contribution in [1.82, 2.24) is 20.1 Å². The average Bonchev–Trinajstić information content (AvgIpc) is 3.14. The Morgan fingerprint density at radius 1 is 1.04 bits per heavy atom. The van der Waals surface area contributed by atoms with Crippen LogP contribution in [0.15, 0.2) is 67.3 Å². The molecule has 0 amide bonds. The van der Waals surface area contributed by atoms with E-state index in [9.17, 15) is 0 Å². The minimum atomic E-state index is 0.412. The van der Waals surface area contributed by atoms with Gasteiger partial charge in [-0.2, -0.15) is 5.10 Å². The van der Waals surface area contributed by atoms with Crippen molar-refractivity contribution in [3.8, 4) is 11.5 Å². The maximum atomic E-state index is 5.80. The molecule has 3 rings (SSSR count). The Balaban J connectivity index is 1.44. The molecule has 0 fully saturated rings. The molecule has 0 saturated carbocycles. The molecule has 1 N–H and O–H groups in total. The van der Waals surface area contributed by atoms with Crippen molar-refractivity contribution < 1.29 is 4.74 Å². The van der Waals surface area contributed by atoms with Crippen LogP contribution in [0.25, 0.3) is 0 Å². The molecule has 0 radical (unpaired) electrons. The number of hydrogen-bond acceptors (Lipinski definition) is 4. The molecule has 1 atom stereocenters. The van der Waals surface area contributed by atoms with Crippen molar-refractivity contribution in [2.24, 2.45) is 0 Å². The van der Waals surface area contributed by atoms with E-state index >= 15 is 0 Å². The zero-order valence-electron chi connectivity index (χ0n) is 13.8. The Bertz CT molecular complexity index is 711.